The summed E-state index contributed by atoms with van der Waals surface area (Å²) in [7, 11) is 1.52. The number of aromatic nitrogens is 2. The topological polar surface area (TPSA) is 35.0 Å². The Balaban J connectivity index is 2.97. The van der Waals surface area contributed by atoms with E-state index in [1.807, 2.05) is 22.6 Å². The van der Waals surface area contributed by atoms with Gasteiger partial charge in [-0.3, -0.25) is 0 Å². The molecule has 0 aromatic carbocycles. The normalized spacial score (nSPS) is 8.18. The van der Waals surface area contributed by atoms with Crippen LogP contribution in [0.25, 0.3) is 0 Å². The molecule has 1 aromatic rings. The third kappa shape index (κ3) is 2.35. The lowest BCUT2D eigenvalue weighted by molar-refractivity contribution is 0.379. The van der Waals surface area contributed by atoms with Crippen molar-refractivity contribution in [3.05, 3.63) is 18.0 Å². The molecule has 3 nitrogen and oxygen atoms in total. The van der Waals surface area contributed by atoms with Crippen molar-refractivity contribution >= 4 is 22.6 Å². The van der Waals surface area contributed by atoms with Gasteiger partial charge in [-0.05, 0) is 15.9 Å². The van der Waals surface area contributed by atoms with Gasteiger partial charge < -0.3 is 4.74 Å². The van der Waals surface area contributed by atoms with E-state index in [2.05, 4.69) is 19.8 Å². The first kappa shape index (κ1) is 8.27. The Kier molecular flexibility index (Phi) is 3.11. The minimum absolute atomic E-state index is 0.349. The molecule has 0 N–H and O–H groups in total. The molecule has 56 valence electrons. The Labute approximate surface area is 78.3 Å². The number of methoxy groups -OCH3 is 1. The van der Waals surface area contributed by atoms with Crippen molar-refractivity contribution in [2.45, 2.75) is 0 Å². The lowest BCUT2D eigenvalue weighted by Crippen LogP contribution is -1.92. The molecule has 0 amide bonds. The Morgan fingerprint density at radius 1 is 1.64 bits per heavy atom. The Hall–Kier alpha value is -0.830. The predicted molar refractivity (Wildman–Crippen MR) is 49.5 cm³/mol. The summed E-state index contributed by atoms with van der Waals surface area (Å²) in [6, 6.07) is 2.08. The highest BCUT2D eigenvalue weighted by Crippen LogP contribution is 2.00. The van der Waals surface area contributed by atoms with Crippen LogP contribution in [0.15, 0.2) is 12.3 Å². The molecule has 1 aromatic heterocycles. The van der Waals surface area contributed by atoms with Gasteiger partial charge in [0.05, 0.1) is 7.11 Å². The van der Waals surface area contributed by atoms with Gasteiger partial charge in [-0.25, -0.2) is 4.98 Å². The largest absolute Gasteiger partial charge is 0.467 e. The van der Waals surface area contributed by atoms with Gasteiger partial charge >= 0.3 is 6.01 Å². The lowest BCUT2D eigenvalue weighted by atomic mass is 10.4. The third-order valence-corrected chi connectivity index (χ3v) is 1.26. The van der Waals surface area contributed by atoms with Crippen LogP contribution in [0.3, 0.4) is 0 Å². The van der Waals surface area contributed by atoms with Crippen LogP contribution >= 0.6 is 22.6 Å². The number of rotatable bonds is 1. The number of nitrogens with zero attached hydrogens (tertiary/aromatic N) is 2. The summed E-state index contributed by atoms with van der Waals surface area (Å²) in [4.78, 5) is 7.81. The number of hydrogen-bond donors (Lipinski definition) is 0. The smallest absolute Gasteiger partial charge is 0.317 e. The van der Waals surface area contributed by atoms with E-state index in [4.69, 9.17) is 4.74 Å². The van der Waals surface area contributed by atoms with Crippen molar-refractivity contribution < 1.29 is 4.74 Å². The van der Waals surface area contributed by atoms with Gasteiger partial charge in [0.25, 0.3) is 0 Å². The number of ether oxygens (including phenoxy) is 1. The Morgan fingerprint density at radius 2 is 2.45 bits per heavy atom. The fourth-order valence-corrected chi connectivity index (χ4v) is 0.833. The maximum atomic E-state index is 4.81. The molecule has 0 aliphatic heterocycles. The summed E-state index contributed by atoms with van der Waals surface area (Å²) in [6.07, 6.45) is 1.61. The minimum atomic E-state index is 0.349. The molecule has 0 saturated carbocycles. The molecule has 0 aliphatic rings. The van der Waals surface area contributed by atoms with Crippen LogP contribution in [0, 0.1) is 9.85 Å². The molecule has 0 fully saturated rings. The molecule has 0 atom stereocenters. The van der Waals surface area contributed by atoms with Crippen LogP contribution in [0.4, 0.5) is 0 Å². The van der Waals surface area contributed by atoms with E-state index in [1.54, 1.807) is 12.3 Å². The standard InChI is InChI=1S/C7H5IN2O/c1-11-7-9-5-3-6(10-7)2-4-8/h3,5H,1H3. The van der Waals surface area contributed by atoms with Gasteiger partial charge in [0, 0.05) is 28.8 Å². The summed E-state index contributed by atoms with van der Waals surface area (Å²) in [5.74, 6) is 2.79. The highest BCUT2D eigenvalue weighted by molar-refractivity contribution is 14.1. The average molecular weight is 260 g/mol. The monoisotopic (exact) mass is 260 g/mol. The van der Waals surface area contributed by atoms with Gasteiger partial charge in [-0.15, -0.1) is 0 Å². The average Bonchev–Trinajstić information content (AvgIpc) is 2.06. The Bertz CT molecular complexity index is 303. The summed E-state index contributed by atoms with van der Waals surface area (Å²) >= 11 is 1.95. The van der Waals surface area contributed by atoms with Crippen LogP contribution in [0.2, 0.25) is 0 Å². The molecular weight excluding hydrogens is 255 g/mol. The van der Waals surface area contributed by atoms with Gasteiger partial charge in [-0.2, -0.15) is 4.98 Å². The summed E-state index contributed by atoms with van der Waals surface area (Å²) in [5.41, 5.74) is 0.672. The second-order valence-electron chi connectivity index (χ2n) is 1.65. The highest BCUT2D eigenvalue weighted by atomic mass is 127. The first-order valence-electron chi connectivity index (χ1n) is 2.85. The molecule has 0 bridgehead atoms. The SMILES string of the molecule is COc1nccc(C#CI)n1. The number of hydrogen-bond acceptors (Lipinski definition) is 3. The number of halogens is 1. The third-order valence-electron chi connectivity index (χ3n) is 0.991. The van der Waals surface area contributed by atoms with Crippen LogP contribution in [0.1, 0.15) is 5.69 Å². The lowest BCUT2D eigenvalue weighted by Gasteiger charge is -1.94. The fourth-order valence-electron chi connectivity index (χ4n) is 0.557. The van der Waals surface area contributed by atoms with Crippen LogP contribution in [-0.4, -0.2) is 17.1 Å². The van der Waals surface area contributed by atoms with Crippen molar-refractivity contribution in [3.8, 4) is 15.9 Å². The maximum absolute atomic E-state index is 4.81. The second-order valence-corrected chi connectivity index (χ2v) is 2.19. The van der Waals surface area contributed by atoms with E-state index in [9.17, 15) is 0 Å². The fraction of sp³-hybridized carbons (Fsp3) is 0.143. The summed E-state index contributed by atoms with van der Waals surface area (Å²) < 4.78 is 7.52. The first-order valence-corrected chi connectivity index (χ1v) is 3.93. The van der Waals surface area contributed by atoms with E-state index < -0.39 is 0 Å². The molecule has 11 heavy (non-hydrogen) atoms. The quantitative estimate of drug-likeness (QED) is 0.562. The van der Waals surface area contributed by atoms with Crippen LogP contribution < -0.4 is 4.74 Å². The molecular formula is C7H5IN2O. The van der Waals surface area contributed by atoms with Gasteiger partial charge in [0.2, 0.25) is 0 Å². The molecule has 1 heterocycles. The Morgan fingerprint density at radius 3 is 3.09 bits per heavy atom. The molecule has 1 rings (SSSR count). The van der Waals surface area contributed by atoms with Crippen LogP contribution in [0.5, 0.6) is 6.01 Å². The van der Waals surface area contributed by atoms with Gasteiger partial charge in [-0.1, -0.05) is 0 Å². The first-order chi connectivity index (χ1) is 5.36. The van der Waals surface area contributed by atoms with Crippen molar-refractivity contribution in [2.75, 3.05) is 7.11 Å². The molecule has 0 aliphatic carbocycles. The van der Waals surface area contributed by atoms with Crippen molar-refractivity contribution in [1.82, 2.24) is 9.97 Å². The predicted octanol–water partition coefficient (Wildman–Crippen LogP) is 1.23. The van der Waals surface area contributed by atoms with E-state index in [1.165, 1.54) is 7.11 Å². The van der Waals surface area contributed by atoms with E-state index in [0.29, 0.717) is 11.7 Å². The summed E-state index contributed by atoms with van der Waals surface area (Å²) in [6.45, 7) is 0. The zero-order valence-corrected chi connectivity index (χ0v) is 7.99. The van der Waals surface area contributed by atoms with Crippen LogP contribution in [-0.2, 0) is 0 Å². The van der Waals surface area contributed by atoms with Crippen molar-refractivity contribution in [2.24, 2.45) is 0 Å². The zero-order valence-electron chi connectivity index (χ0n) is 5.84. The van der Waals surface area contributed by atoms with E-state index >= 15 is 0 Å². The molecule has 0 unspecified atom stereocenters. The minimum Gasteiger partial charge on any atom is -0.467 e. The van der Waals surface area contributed by atoms with Gasteiger partial charge in [0.1, 0.15) is 5.69 Å². The van der Waals surface area contributed by atoms with Crippen molar-refractivity contribution in [1.29, 1.82) is 0 Å². The van der Waals surface area contributed by atoms with Gasteiger partial charge in [0.15, 0.2) is 0 Å². The molecule has 4 heteroatoms. The van der Waals surface area contributed by atoms with Crippen molar-refractivity contribution in [3.63, 3.8) is 0 Å². The molecule has 0 radical (unpaired) electrons. The van der Waals surface area contributed by atoms with E-state index in [-0.39, 0.29) is 0 Å². The maximum Gasteiger partial charge on any atom is 0.317 e. The summed E-state index contributed by atoms with van der Waals surface area (Å²) in [5, 5.41) is 0. The van der Waals surface area contributed by atoms with E-state index in [0.717, 1.165) is 0 Å². The molecule has 0 spiro atoms. The zero-order chi connectivity index (χ0) is 8.10. The molecule has 0 saturated heterocycles. The highest BCUT2D eigenvalue weighted by Gasteiger charge is 1.93. The second kappa shape index (κ2) is 4.13.